The summed E-state index contributed by atoms with van der Waals surface area (Å²) < 4.78 is 11.1. The summed E-state index contributed by atoms with van der Waals surface area (Å²) in [7, 11) is -1.92. The summed E-state index contributed by atoms with van der Waals surface area (Å²) >= 11 is 0. The van der Waals surface area contributed by atoms with Crippen LogP contribution < -0.4 is 5.09 Å². The van der Waals surface area contributed by atoms with E-state index in [2.05, 4.69) is 5.09 Å². The van der Waals surface area contributed by atoms with Crippen LogP contribution in [0.1, 0.15) is 13.8 Å². The van der Waals surface area contributed by atoms with Gasteiger partial charge in [0.1, 0.15) is 7.29 Å². The van der Waals surface area contributed by atoms with Crippen molar-refractivity contribution in [2.24, 2.45) is 0 Å². The van der Waals surface area contributed by atoms with E-state index in [-0.39, 0.29) is 0 Å². The van der Waals surface area contributed by atoms with Crippen LogP contribution in [0.3, 0.4) is 0 Å². The Hall–Kier alpha value is 0.190. The Kier molecular flexibility index (Phi) is 3.34. The second kappa shape index (κ2) is 3.26. The largest absolute Gasteiger partial charge is 0.307 e. The number of hydrogen-bond acceptors (Lipinski definition) is 1. The van der Waals surface area contributed by atoms with Crippen molar-refractivity contribution < 1.29 is 4.57 Å². The quantitative estimate of drug-likeness (QED) is 0.594. The lowest BCUT2D eigenvalue weighted by Gasteiger charge is -2.08. The van der Waals surface area contributed by atoms with Crippen molar-refractivity contribution in [1.29, 1.82) is 0 Å². The van der Waals surface area contributed by atoms with Gasteiger partial charge in [-0.1, -0.05) is 13.8 Å². The van der Waals surface area contributed by atoms with Gasteiger partial charge in [-0.05, 0) is 6.54 Å². The van der Waals surface area contributed by atoms with Crippen molar-refractivity contribution >= 4 is 7.29 Å². The highest BCUT2D eigenvalue weighted by molar-refractivity contribution is 7.61. The molecule has 0 aromatic rings. The Morgan fingerprint density at radius 3 is 2.12 bits per heavy atom. The zero-order valence-electron chi connectivity index (χ0n) is 5.77. The van der Waals surface area contributed by atoms with Crippen LogP contribution in [-0.4, -0.2) is 19.4 Å². The smallest absolute Gasteiger partial charge is 0.144 e. The number of rotatable bonds is 3. The van der Waals surface area contributed by atoms with Gasteiger partial charge in [0, 0.05) is 12.8 Å². The molecule has 0 saturated carbocycles. The van der Waals surface area contributed by atoms with E-state index in [9.17, 15) is 4.57 Å². The fourth-order valence-corrected chi connectivity index (χ4v) is 1.34. The van der Waals surface area contributed by atoms with Gasteiger partial charge in [0.2, 0.25) is 0 Å². The van der Waals surface area contributed by atoms with E-state index in [0.29, 0.717) is 0 Å². The van der Waals surface area contributed by atoms with Gasteiger partial charge >= 0.3 is 0 Å². The SMILES string of the molecule is CCNP(C)(=O)CC. The van der Waals surface area contributed by atoms with Crippen molar-refractivity contribution in [3.05, 3.63) is 0 Å². The molecule has 0 aromatic heterocycles. The molecule has 0 aromatic carbocycles. The first-order chi connectivity index (χ1) is 3.62. The molecule has 0 spiro atoms. The molecule has 0 amide bonds. The molecule has 0 saturated heterocycles. The Morgan fingerprint density at radius 2 is 2.00 bits per heavy atom. The molecule has 1 N–H and O–H groups in total. The average Bonchev–Trinajstić information content (AvgIpc) is 1.67. The second-order valence-corrected chi connectivity index (χ2v) is 5.08. The second-order valence-electron chi connectivity index (χ2n) is 1.93. The van der Waals surface area contributed by atoms with Crippen LogP contribution in [0, 0.1) is 0 Å². The van der Waals surface area contributed by atoms with E-state index in [1.807, 2.05) is 13.8 Å². The summed E-state index contributed by atoms with van der Waals surface area (Å²) in [4.78, 5) is 0. The predicted molar refractivity (Wildman–Crippen MR) is 37.7 cm³/mol. The van der Waals surface area contributed by atoms with Gasteiger partial charge in [0.25, 0.3) is 0 Å². The van der Waals surface area contributed by atoms with Crippen LogP contribution in [0.4, 0.5) is 0 Å². The van der Waals surface area contributed by atoms with Crippen molar-refractivity contribution in [2.45, 2.75) is 13.8 Å². The van der Waals surface area contributed by atoms with Gasteiger partial charge in [0.05, 0.1) is 0 Å². The zero-order chi connectivity index (χ0) is 6.62. The third kappa shape index (κ3) is 3.23. The summed E-state index contributed by atoms with van der Waals surface area (Å²) in [6.45, 7) is 6.48. The van der Waals surface area contributed by atoms with Crippen LogP contribution in [0.25, 0.3) is 0 Å². The Labute approximate surface area is 51.1 Å². The maximum absolute atomic E-state index is 11.1. The molecule has 0 bridgehead atoms. The normalized spacial score (nSPS) is 17.9. The molecule has 1 unspecified atom stereocenters. The van der Waals surface area contributed by atoms with Crippen molar-refractivity contribution in [1.82, 2.24) is 5.09 Å². The van der Waals surface area contributed by atoms with Crippen molar-refractivity contribution in [2.75, 3.05) is 19.4 Å². The fourth-order valence-electron chi connectivity index (χ4n) is 0.446. The predicted octanol–water partition coefficient (Wildman–Crippen LogP) is 1.52. The monoisotopic (exact) mass is 135 g/mol. The molecular formula is C5H14NOP. The average molecular weight is 135 g/mol. The molecule has 0 fully saturated rings. The summed E-state index contributed by atoms with van der Waals surface area (Å²) in [6, 6.07) is 0. The minimum Gasteiger partial charge on any atom is -0.307 e. The lowest BCUT2D eigenvalue weighted by molar-refractivity contribution is 0.571. The van der Waals surface area contributed by atoms with Crippen LogP contribution in [0.15, 0.2) is 0 Å². The molecule has 50 valence electrons. The van der Waals surface area contributed by atoms with Crippen LogP contribution in [-0.2, 0) is 4.57 Å². The van der Waals surface area contributed by atoms with E-state index in [0.717, 1.165) is 12.7 Å². The van der Waals surface area contributed by atoms with E-state index in [1.165, 1.54) is 0 Å². The van der Waals surface area contributed by atoms with E-state index >= 15 is 0 Å². The van der Waals surface area contributed by atoms with Crippen molar-refractivity contribution in [3.63, 3.8) is 0 Å². The van der Waals surface area contributed by atoms with E-state index < -0.39 is 7.29 Å². The van der Waals surface area contributed by atoms with Crippen LogP contribution >= 0.6 is 7.29 Å². The topological polar surface area (TPSA) is 29.1 Å². The van der Waals surface area contributed by atoms with Crippen molar-refractivity contribution in [3.8, 4) is 0 Å². The fraction of sp³-hybridized carbons (Fsp3) is 1.00. The molecule has 0 rings (SSSR count). The van der Waals surface area contributed by atoms with Gasteiger partial charge in [-0.2, -0.15) is 0 Å². The maximum Gasteiger partial charge on any atom is 0.144 e. The lowest BCUT2D eigenvalue weighted by atomic mass is 10.8. The molecule has 8 heavy (non-hydrogen) atoms. The first-order valence-electron chi connectivity index (χ1n) is 2.94. The Balaban J connectivity index is 3.55. The molecule has 0 aliphatic rings. The standard InChI is InChI=1S/C5H14NOP/c1-4-6-8(3,7)5-2/h4-5H2,1-3H3,(H,6,7). The van der Waals surface area contributed by atoms with Gasteiger partial charge in [-0.3, -0.25) is 5.09 Å². The summed E-state index contributed by atoms with van der Waals surface area (Å²) in [5.74, 6) is 0. The third-order valence-corrected chi connectivity index (χ3v) is 3.29. The first-order valence-corrected chi connectivity index (χ1v) is 5.28. The van der Waals surface area contributed by atoms with E-state index in [4.69, 9.17) is 0 Å². The summed E-state index contributed by atoms with van der Waals surface area (Å²) in [5, 5.41) is 2.93. The highest BCUT2D eigenvalue weighted by Gasteiger charge is 2.07. The summed E-state index contributed by atoms with van der Waals surface area (Å²) in [5.41, 5.74) is 0. The van der Waals surface area contributed by atoms with Gasteiger partial charge in [-0.25, -0.2) is 0 Å². The highest BCUT2D eigenvalue weighted by Crippen LogP contribution is 2.33. The Bertz CT molecular complexity index is 103. The van der Waals surface area contributed by atoms with Gasteiger partial charge < -0.3 is 4.57 Å². The van der Waals surface area contributed by atoms with Gasteiger partial charge in [-0.15, -0.1) is 0 Å². The molecule has 0 heterocycles. The molecular weight excluding hydrogens is 121 g/mol. The molecule has 0 radical (unpaired) electrons. The summed E-state index contributed by atoms with van der Waals surface area (Å²) in [6.07, 6.45) is 0.751. The molecule has 0 aliphatic heterocycles. The van der Waals surface area contributed by atoms with E-state index in [1.54, 1.807) is 6.66 Å². The third-order valence-electron chi connectivity index (χ3n) is 1.10. The first kappa shape index (κ1) is 8.19. The molecule has 1 atom stereocenters. The Morgan fingerprint density at radius 1 is 1.50 bits per heavy atom. The maximum atomic E-state index is 11.1. The van der Waals surface area contributed by atoms with Crippen LogP contribution in [0.2, 0.25) is 0 Å². The minimum absolute atomic E-state index is 0.751. The molecule has 2 nitrogen and oxygen atoms in total. The molecule has 3 heteroatoms. The van der Waals surface area contributed by atoms with Gasteiger partial charge in [0.15, 0.2) is 0 Å². The minimum atomic E-state index is -1.92. The number of hydrogen-bond donors (Lipinski definition) is 1. The zero-order valence-corrected chi connectivity index (χ0v) is 6.66. The highest BCUT2D eigenvalue weighted by atomic mass is 31.2. The lowest BCUT2D eigenvalue weighted by Crippen LogP contribution is -2.09. The molecule has 0 aliphatic carbocycles. The number of nitrogens with one attached hydrogen (secondary N) is 1. The van der Waals surface area contributed by atoms with Crippen LogP contribution in [0.5, 0.6) is 0 Å².